The Bertz CT molecular complexity index is 115. The summed E-state index contributed by atoms with van der Waals surface area (Å²) in [6, 6.07) is 0. The van der Waals surface area contributed by atoms with Gasteiger partial charge in [-0.25, -0.2) is 0 Å². The van der Waals surface area contributed by atoms with Gasteiger partial charge in [0.25, 0.3) is 17.9 Å². The minimum Gasteiger partial charge on any atom is -0.481 e. The number of carboxylic acids is 3. The van der Waals surface area contributed by atoms with Crippen molar-refractivity contribution >= 4 is 17.9 Å². The lowest BCUT2D eigenvalue weighted by Gasteiger charge is -1.59. The minimum absolute atomic E-state index is 0. The van der Waals surface area contributed by atoms with Crippen LogP contribution in [0.15, 0.2) is 0 Å². The third kappa shape index (κ3) is 183. The van der Waals surface area contributed by atoms with Gasteiger partial charge >= 0.3 is 0 Å². The van der Waals surface area contributed by atoms with Gasteiger partial charge in [0.2, 0.25) is 0 Å². The Morgan fingerprint density at radius 2 is 0.750 bits per heavy atom. The molecule has 0 aliphatic carbocycles. The zero-order valence-corrected chi connectivity index (χ0v) is 7.07. The van der Waals surface area contributed by atoms with Gasteiger partial charge in [-0.3, -0.25) is 14.4 Å². The third-order valence-electron chi connectivity index (χ3n) is 0. The maximum atomic E-state index is 9.00. The first-order valence-corrected chi connectivity index (χ1v) is 2.78. The van der Waals surface area contributed by atoms with Crippen molar-refractivity contribution < 1.29 is 31.1 Å². The summed E-state index contributed by atoms with van der Waals surface area (Å²) in [4.78, 5) is 27.0. The lowest BCUT2D eigenvalue weighted by Crippen LogP contribution is -1.78. The first-order valence-electron chi connectivity index (χ1n) is 2.78. The molecular formula is C6H14O6. The van der Waals surface area contributed by atoms with Gasteiger partial charge in [-0.05, 0) is 0 Å². The van der Waals surface area contributed by atoms with E-state index in [0.717, 1.165) is 20.8 Å². The third-order valence-corrected chi connectivity index (χ3v) is 0. The predicted octanol–water partition coefficient (Wildman–Crippen LogP) is 0.519. The van der Waals surface area contributed by atoms with Crippen LogP contribution in [-0.4, -0.2) is 33.2 Å². The molecule has 6 nitrogen and oxygen atoms in total. The summed E-state index contributed by atoms with van der Waals surface area (Å²) in [7, 11) is 0. The van der Waals surface area contributed by atoms with Crippen LogP contribution in [-0.2, 0) is 14.4 Å². The Hall–Kier alpha value is -1.59. The van der Waals surface area contributed by atoms with Gasteiger partial charge in [0.15, 0.2) is 0 Å². The molecule has 0 fully saturated rings. The topological polar surface area (TPSA) is 112 Å². The molecule has 6 heteroatoms. The highest BCUT2D eigenvalue weighted by molar-refractivity contribution is 5.63. The highest BCUT2D eigenvalue weighted by atomic mass is 16.4. The van der Waals surface area contributed by atoms with E-state index in [0.29, 0.717) is 0 Å². The molecule has 0 spiro atoms. The smallest absolute Gasteiger partial charge is 0.300 e. The zero-order chi connectivity index (χ0) is 10.7. The van der Waals surface area contributed by atoms with Gasteiger partial charge in [0.1, 0.15) is 0 Å². The standard InChI is InChI=1S/3C2H4O2.H2/c3*1-2(3)4;/h3*1H3,(H,3,4);1H. The lowest BCUT2D eigenvalue weighted by molar-refractivity contribution is -0.135. The summed E-state index contributed by atoms with van der Waals surface area (Å²) in [5.74, 6) is -2.50. The van der Waals surface area contributed by atoms with E-state index >= 15 is 0 Å². The van der Waals surface area contributed by atoms with E-state index < -0.39 is 17.9 Å². The van der Waals surface area contributed by atoms with E-state index in [4.69, 9.17) is 29.7 Å². The van der Waals surface area contributed by atoms with Crippen LogP contribution >= 0.6 is 0 Å². The summed E-state index contributed by atoms with van der Waals surface area (Å²) in [5, 5.41) is 22.2. The average molecular weight is 182 g/mol. The molecule has 0 saturated carbocycles. The molecule has 0 unspecified atom stereocenters. The lowest BCUT2D eigenvalue weighted by atomic mass is 10.9. The number of carboxylic acid groups (broad SMARTS) is 3. The summed E-state index contributed by atoms with van der Waals surface area (Å²) < 4.78 is 0. The minimum atomic E-state index is -0.833. The number of hydrogen-bond acceptors (Lipinski definition) is 3. The quantitative estimate of drug-likeness (QED) is 0.503. The highest BCUT2D eigenvalue weighted by Gasteiger charge is 1.66. The number of rotatable bonds is 0. The van der Waals surface area contributed by atoms with E-state index in [1.165, 1.54) is 0 Å². The summed E-state index contributed by atoms with van der Waals surface area (Å²) in [5.41, 5.74) is 0. The van der Waals surface area contributed by atoms with Crippen LogP contribution in [0, 0.1) is 0 Å². The van der Waals surface area contributed by atoms with Crippen LogP contribution in [0.3, 0.4) is 0 Å². The Kier molecular flexibility index (Phi) is 17.0. The van der Waals surface area contributed by atoms with Gasteiger partial charge in [-0.2, -0.15) is 0 Å². The maximum Gasteiger partial charge on any atom is 0.300 e. The fourth-order valence-electron chi connectivity index (χ4n) is 0. The van der Waals surface area contributed by atoms with Crippen LogP contribution in [0.25, 0.3) is 0 Å². The van der Waals surface area contributed by atoms with Crippen LogP contribution in [0.4, 0.5) is 0 Å². The van der Waals surface area contributed by atoms with Crippen molar-refractivity contribution in [3.63, 3.8) is 0 Å². The summed E-state index contributed by atoms with van der Waals surface area (Å²) >= 11 is 0. The van der Waals surface area contributed by atoms with Gasteiger partial charge in [0.05, 0.1) is 0 Å². The largest absolute Gasteiger partial charge is 0.481 e. The molecule has 12 heavy (non-hydrogen) atoms. The molecule has 0 amide bonds. The van der Waals surface area contributed by atoms with Crippen molar-refractivity contribution in [2.24, 2.45) is 0 Å². The van der Waals surface area contributed by atoms with Gasteiger partial charge < -0.3 is 15.3 Å². The van der Waals surface area contributed by atoms with Crippen molar-refractivity contribution in [2.45, 2.75) is 20.8 Å². The molecule has 3 N–H and O–H groups in total. The average Bonchev–Trinajstić information content (AvgIpc) is 1.54. The molecule has 74 valence electrons. The van der Waals surface area contributed by atoms with E-state index in [2.05, 4.69) is 0 Å². The van der Waals surface area contributed by atoms with E-state index in [1.54, 1.807) is 0 Å². The fourth-order valence-corrected chi connectivity index (χ4v) is 0. The second-order valence-corrected chi connectivity index (χ2v) is 1.56. The Morgan fingerprint density at radius 1 is 0.750 bits per heavy atom. The Morgan fingerprint density at radius 3 is 0.750 bits per heavy atom. The molecule has 0 aromatic heterocycles. The predicted molar refractivity (Wildman–Crippen MR) is 42.0 cm³/mol. The second-order valence-electron chi connectivity index (χ2n) is 1.56. The van der Waals surface area contributed by atoms with Crippen molar-refractivity contribution in [3.05, 3.63) is 0 Å². The van der Waals surface area contributed by atoms with E-state index in [-0.39, 0.29) is 1.43 Å². The van der Waals surface area contributed by atoms with Crippen LogP contribution < -0.4 is 0 Å². The van der Waals surface area contributed by atoms with Crippen molar-refractivity contribution in [3.8, 4) is 0 Å². The molecule has 0 rings (SSSR count). The van der Waals surface area contributed by atoms with Crippen molar-refractivity contribution in [2.75, 3.05) is 0 Å². The Labute approximate surface area is 70.9 Å². The Balaban J connectivity index is -0.0000000450. The molecule has 0 saturated heterocycles. The van der Waals surface area contributed by atoms with Gasteiger partial charge in [-0.15, -0.1) is 0 Å². The van der Waals surface area contributed by atoms with E-state index in [9.17, 15) is 0 Å². The van der Waals surface area contributed by atoms with Gasteiger partial charge in [-0.1, -0.05) is 0 Å². The summed E-state index contributed by atoms with van der Waals surface area (Å²) in [6.07, 6.45) is 0. The first-order chi connectivity index (χ1) is 5.20. The molecule has 0 radical (unpaired) electrons. The van der Waals surface area contributed by atoms with Gasteiger partial charge in [0, 0.05) is 22.2 Å². The zero-order valence-electron chi connectivity index (χ0n) is 7.07. The van der Waals surface area contributed by atoms with Crippen LogP contribution in [0.2, 0.25) is 0 Å². The monoisotopic (exact) mass is 182 g/mol. The van der Waals surface area contributed by atoms with Crippen LogP contribution in [0.1, 0.15) is 22.2 Å². The molecule has 0 bridgehead atoms. The first kappa shape index (κ1) is 16.8. The van der Waals surface area contributed by atoms with Crippen molar-refractivity contribution in [1.29, 1.82) is 0 Å². The highest BCUT2D eigenvalue weighted by Crippen LogP contribution is 1.42. The SMILES string of the molecule is CC(=O)O.CC(=O)O.CC(=O)O.[HH]. The maximum absolute atomic E-state index is 9.00. The van der Waals surface area contributed by atoms with E-state index in [1.807, 2.05) is 0 Å². The molecule has 0 aromatic rings. The second kappa shape index (κ2) is 12.1. The fraction of sp³-hybridized carbons (Fsp3) is 0.500. The summed E-state index contributed by atoms with van der Waals surface area (Å²) in [6.45, 7) is 3.25. The van der Waals surface area contributed by atoms with Crippen molar-refractivity contribution in [1.82, 2.24) is 0 Å². The molecule has 0 aliphatic rings. The molecule has 0 aliphatic heterocycles. The molecular weight excluding hydrogens is 168 g/mol. The normalized spacial score (nSPS) is 6.25. The number of aliphatic carboxylic acids is 3. The van der Waals surface area contributed by atoms with Crippen LogP contribution in [0.5, 0.6) is 0 Å². The number of carbonyl (C=O) groups is 3. The molecule has 0 heterocycles. The molecule has 0 aromatic carbocycles. The molecule has 0 atom stereocenters. The number of hydrogen-bond donors (Lipinski definition) is 3.